The smallest absolute Gasteiger partial charge is 0.319 e. The van der Waals surface area contributed by atoms with Crippen LogP contribution in [0.4, 0.5) is 10.5 Å². The van der Waals surface area contributed by atoms with Crippen molar-refractivity contribution in [1.29, 1.82) is 0 Å². The van der Waals surface area contributed by atoms with Gasteiger partial charge in [0.2, 0.25) is 0 Å². The molecular weight excluding hydrogens is 415 g/mol. The zero-order valence-corrected chi connectivity index (χ0v) is 15.1. The van der Waals surface area contributed by atoms with Gasteiger partial charge in [-0.3, -0.25) is 0 Å². The van der Waals surface area contributed by atoms with Gasteiger partial charge in [0.1, 0.15) is 0 Å². The van der Waals surface area contributed by atoms with Crippen molar-refractivity contribution in [3.63, 3.8) is 0 Å². The molecule has 0 saturated heterocycles. The van der Waals surface area contributed by atoms with Gasteiger partial charge in [-0.15, -0.1) is 0 Å². The summed E-state index contributed by atoms with van der Waals surface area (Å²) < 4.78 is 2.84. The molecule has 0 saturated carbocycles. The summed E-state index contributed by atoms with van der Waals surface area (Å²) in [5.41, 5.74) is 2.77. The minimum absolute atomic E-state index is 0.207. The summed E-state index contributed by atoms with van der Waals surface area (Å²) in [6, 6.07) is 19.4. The van der Waals surface area contributed by atoms with Gasteiger partial charge in [-0.2, -0.15) is 5.10 Å². The van der Waals surface area contributed by atoms with Crippen LogP contribution in [0.15, 0.2) is 66.9 Å². The van der Waals surface area contributed by atoms with E-state index in [0.717, 1.165) is 20.6 Å². The van der Waals surface area contributed by atoms with Gasteiger partial charge >= 0.3 is 6.03 Å². The van der Waals surface area contributed by atoms with Gasteiger partial charge in [0.25, 0.3) is 0 Å². The van der Waals surface area contributed by atoms with Crippen LogP contribution in [-0.4, -0.2) is 22.4 Å². The van der Waals surface area contributed by atoms with Crippen LogP contribution in [0.25, 0.3) is 5.69 Å². The Morgan fingerprint density at radius 3 is 2.58 bits per heavy atom. The third-order valence-corrected chi connectivity index (χ3v) is 4.39. The molecule has 122 valence electrons. The van der Waals surface area contributed by atoms with E-state index in [1.165, 1.54) is 0 Å². The molecule has 0 radical (unpaired) electrons. The predicted molar refractivity (Wildman–Crippen MR) is 103 cm³/mol. The number of hydrogen-bond acceptors (Lipinski definition) is 2. The lowest BCUT2D eigenvalue weighted by Gasteiger charge is -2.08. The number of benzene rings is 2. The second-order valence-electron chi connectivity index (χ2n) is 5.20. The van der Waals surface area contributed by atoms with E-state index < -0.39 is 0 Å². The molecule has 24 heavy (non-hydrogen) atoms. The number of nitrogens with one attached hydrogen (secondary N) is 2. The molecule has 0 bridgehead atoms. The summed E-state index contributed by atoms with van der Waals surface area (Å²) >= 11 is 2.19. The molecule has 0 unspecified atom stereocenters. The molecule has 1 heterocycles. The molecule has 0 fully saturated rings. The van der Waals surface area contributed by atoms with E-state index in [0.29, 0.717) is 13.0 Å². The summed E-state index contributed by atoms with van der Waals surface area (Å²) in [6.07, 6.45) is 2.61. The highest BCUT2D eigenvalue weighted by Gasteiger charge is 2.05. The molecule has 6 heteroatoms. The number of amides is 2. The number of hydrogen-bond donors (Lipinski definition) is 2. The van der Waals surface area contributed by atoms with E-state index in [2.05, 4.69) is 38.3 Å². The highest BCUT2D eigenvalue weighted by atomic mass is 127. The Hall–Kier alpha value is -2.35. The lowest BCUT2D eigenvalue weighted by molar-refractivity contribution is 0.252. The van der Waals surface area contributed by atoms with Crippen molar-refractivity contribution in [2.24, 2.45) is 0 Å². The molecule has 3 rings (SSSR count). The Bertz CT molecular complexity index is 817. The van der Waals surface area contributed by atoms with Gasteiger partial charge < -0.3 is 10.6 Å². The van der Waals surface area contributed by atoms with Crippen molar-refractivity contribution < 1.29 is 4.79 Å². The molecule has 2 aromatic carbocycles. The number of aromatic nitrogens is 2. The van der Waals surface area contributed by atoms with Crippen molar-refractivity contribution in [2.45, 2.75) is 6.42 Å². The van der Waals surface area contributed by atoms with Crippen molar-refractivity contribution in [2.75, 3.05) is 11.9 Å². The minimum atomic E-state index is -0.207. The van der Waals surface area contributed by atoms with Gasteiger partial charge in [0.15, 0.2) is 0 Å². The van der Waals surface area contributed by atoms with E-state index in [-0.39, 0.29) is 6.03 Å². The first-order valence-electron chi connectivity index (χ1n) is 7.62. The molecule has 2 N–H and O–H groups in total. The highest BCUT2D eigenvalue weighted by molar-refractivity contribution is 14.1. The average Bonchev–Trinajstić information content (AvgIpc) is 3.07. The third kappa shape index (κ3) is 4.35. The van der Waals surface area contributed by atoms with Crippen LogP contribution < -0.4 is 10.6 Å². The average molecular weight is 432 g/mol. The molecule has 0 aliphatic rings. The molecule has 0 atom stereocenters. The molecular formula is C18H17IN4O. The van der Waals surface area contributed by atoms with Crippen molar-refractivity contribution in [3.8, 4) is 5.69 Å². The zero-order chi connectivity index (χ0) is 16.8. The number of carbonyl (C=O) groups is 1. The number of carbonyl (C=O) groups excluding carboxylic acids is 1. The number of anilines is 1. The first-order chi connectivity index (χ1) is 11.7. The monoisotopic (exact) mass is 432 g/mol. The summed E-state index contributed by atoms with van der Waals surface area (Å²) in [7, 11) is 0. The number of urea groups is 1. The standard InChI is InChI=1S/C18H17IN4O/c19-16-8-4-5-9-17(16)21-18(24)20-12-10-14-11-13-23(22-14)15-6-2-1-3-7-15/h1-9,11,13H,10,12H2,(H2,20,21,24). The van der Waals surface area contributed by atoms with Gasteiger partial charge in [0.05, 0.1) is 17.1 Å². The van der Waals surface area contributed by atoms with Crippen LogP contribution in [0.3, 0.4) is 0 Å². The van der Waals surface area contributed by atoms with E-state index in [1.807, 2.05) is 71.5 Å². The van der Waals surface area contributed by atoms with E-state index >= 15 is 0 Å². The fraction of sp³-hybridized carbons (Fsp3) is 0.111. The van der Waals surface area contributed by atoms with E-state index in [4.69, 9.17) is 0 Å². The summed E-state index contributed by atoms with van der Waals surface area (Å²) in [6.45, 7) is 0.529. The fourth-order valence-corrected chi connectivity index (χ4v) is 2.77. The Morgan fingerprint density at radius 1 is 1.04 bits per heavy atom. The first-order valence-corrected chi connectivity index (χ1v) is 8.69. The zero-order valence-electron chi connectivity index (χ0n) is 12.9. The lowest BCUT2D eigenvalue weighted by Crippen LogP contribution is -2.30. The second-order valence-corrected chi connectivity index (χ2v) is 6.36. The van der Waals surface area contributed by atoms with Gasteiger partial charge in [-0.25, -0.2) is 9.48 Å². The molecule has 0 aliphatic heterocycles. The molecule has 2 amide bonds. The summed E-state index contributed by atoms with van der Waals surface area (Å²) in [5, 5.41) is 10.2. The largest absolute Gasteiger partial charge is 0.337 e. The topological polar surface area (TPSA) is 59.0 Å². The SMILES string of the molecule is O=C(NCCc1ccn(-c2ccccc2)n1)Nc1ccccc1I. The van der Waals surface area contributed by atoms with Crippen molar-refractivity contribution >= 4 is 34.3 Å². The van der Waals surface area contributed by atoms with Crippen LogP contribution >= 0.6 is 22.6 Å². The second kappa shape index (κ2) is 7.96. The number of rotatable bonds is 5. The maximum Gasteiger partial charge on any atom is 0.319 e. The van der Waals surface area contributed by atoms with Crippen LogP contribution in [0.1, 0.15) is 5.69 Å². The maximum atomic E-state index is 11.9. The van der Waals surface area contributed by atoms with Crippen LogP contribution in [0, 0.1) is 3.57 Å². The molecule has 3 aromatic rings. The quantitative estimate of drug-likeness (QED) is 0.602. The molecule has 0 aliphatic carbocycles. The van der Waals surface area contributed by atoms with Crippen molar-refractivity contribution in [1.82, 2.24) is 15.1 Å². The summed E-state index contributed by atoms with van der Waals surface area (Å²) in [4.78, 5) is 11.9. The Kier molecular flexibility index (Phi) is 5.47. The number of halogens is 1. The normalized spacial score (nSPS) is 10.4. The first kappa shape index (κ1) is 16.5. The summed E-state index contributed by atoms with van der Waals surface area (Å²) in [5.74, 6) is 0. The van der Waals surface area contributed by atoms with Crippen molar-refractivity contribution in [3.05, 3.63) is 76.1 Å². The fourth-order valence-electron chi connectivity index (χ4n) is 2.25. The lowest BCUT2D eigenvalue weighted by atomic mass is 10.3. The van der Waals surface area contributed by atoms with Gasteiger partial charge in [-0.05, 0) is 52.9 Å². The molecule has 1 aromatic heterocycles. The molecule has 5 nitrogen and oxygen atoms in total. The maximum absolute atomic E-state index is 11.9. The van der Waals surface area contributed by atoms with E-state index in [1.54, 1.807) is 0 Å². The van der Waals surface area contributed by atoms with Crippen LogP contribution in [-0.2, 0) is 6.42 Å². The highest BCUT2D eigenvalue weighted by Crippen LogP contribution is 2.16. The van der Waals surface area contributed by atoms with Crippen LogP contribution in [0.2, 0.25) is 0 Å². The van der Waals surface area contributed by atoms with Crippen LogP contribution in [0.5, 0.6) is 0 Å². The Balaban J connectivity index is 1.49. The minimum Gasteiger partial charge on any atom is -0.337 e. The van der Waals surface area contributed by atoms with Gasteiger partial charge in [-0.1, -0.05) is 30.3 Å². The molecule has 0 spiro atoms. The Morgan fingerprint density at radius 2 is 1.79 bits per heavy atom. The van der Waals surface area contributed by atoms with Gasteiger partial charge in [0, 0.05) is 22.7 Å². The Labute approximate surface area is 154 Å². The predicted octanol–water partition coefficient (Wildman–Crippen LogP) is 3.84. The van der Waals surface area contributed by atoms with E-state index in [9.17, 15) is 4.79 Å². The third-order valence-electron chi connectivity index (χ3n) is 3.45. The number of para-hydroxylation sites is 2. The number of nitrogens with zero attached hydrogens (tertiary/aromatic N) is 2.